The summed E-state index contributed by atoms with van der Waals surface area (Å²) in [5.74, 6) is 0.326. The molecule has 2 atom stereocenters. The Morgan fingerprint density at radius 1 is 1.20 bits per heavy atom. The Morgan fingerprint density at radius 3 is 2.50 bits per heavy atom. The standard InChI is InChI=1S/C16H31NO3/c1-15(2)6-4-5-13(14(15)18)11-17(3)12-16(19)7-9-20-10-8-16/h13-14,18-19H,4-12H2,1-3H3. The third kappa shape index (κ3) is 3.94. The van der Waals surface area contributed by atoms with E-state index >= 15 is 0 Å². The summed E-state index contributed by atoms with van der Waals surface area (Å²) >= 11 is 0. The molecule has 0 spiro atoms. The fourth-order valence-electron chi connectivity index (χ4n) is 3.83. The molecule has 0 aromatic rings. The van der Waals surface area contributed by atoms with Gasteiger partial charge in [0.1, 0.15) is 0 Å². The predicted molar refractivity (Wildman–Crippen MR) is 79.6 cm³/mol. The highest BCUT2D eigenvalue weighted by atomic mass is 16.5. The van der Waals surface area contributed by atoms with Gasteiger partial charge in [0.2, 0.25) is 0 Å². The number of rotatable bonds is 4. The van der Waals surface area contributed by atoms with Crippen molar-refractivity contribution in [2.45, 2.75) is 57.7 Å². The van der Waals surface area contributed by atoms with Crippen LogP contribution in [0.5, 0.6) is 0 Å². The van der Waals surface area contributed by atoms with E-state index in [1.807, 2.05) is 0 Å². The van der Waals surface area contributed by atoms with E-state index in [1.54, 1.807) is 0 Å². The van der Waals surface area contributed by atoms with Crippen LogP contribution in [-0.2, 0) is 4.74 Å². The molecule has 1 aliphatic carbocycles. The molecule has 1 saturated carbocycles. The SMILES string of the molecule is CN(CC1CCCC(C)(C)C1O)CC1(O)CCOCC1. The maximum atomic E-state index is 10.6. The fraction of sp³-hybridized carbons (Fsp3) is 1.00. The number of aliphatic hydroxyl groups is 2. The average molecular weight is 285 g/mol. The summed E-state index contributed by atoms with van der Waals surface area (Å²) in [5, 5.41) is 21.1. The van der Waals surface area contributed by atoms with Crippen LogP contribution in [-0.4, -0.2) is 60.2 Å². The molecule has 1 aliphatic heterocycles. The zero-order valence-corrected chi connectivity index (χ0v) is 13.3. The first-order valence-electron chi connectivity index (χ1n) is 7.99. The van der Waals surface area contributed by atoms with Crippen molar-refractivity contribution in [1.29, 1.82) is 0 Å². The Hall–Kier alpha value is -0.160. The molecule has 2 rings (SSSR count). The Morgan fingerprint density at radius 2 is 1.85 bits per heavy atom. The minimum absolute atomic E-state index is 0.0271. The molecule has 2 unspecified atom stereocenters. The van der Waals surface area contributed by atoms with Crippen molar-refractivity contribution < 1.29 is 14.9 Å². The lowest BCUT2D eigenvalue weighted by Gasteiger charge is -2.43. The van der Waals surface area contributed by atoms with Gasteiger partial charge in [-0.15, -0.1) is 0 Å². The van der Waals surface area contributed by atoms with Gasteiger partial charge in [0.05, 0.1) is 11.7 Å². The summed E-state index contributed by atoms with van der Waals surface area (Å²) < 4.78 is 5.32. The summed E-state index contributed by atoms with van der Waals surface area (Å²) in [6.07, 6.45) is 4.60. The van der Waals surface area contributed by atoms with Crippen LogP contribution >= 0.6 is 0 Å². The zero-order chi connectivity index (χ0) is 14.8. The minimum Gasteiger partial charge on any atom is -0.392 e. The molecule has 118 valence electrons. The minimum atomic E-state index is -0.609. The van der Waals surface area contributed by atoms with Gasteiger partial charge in [-0.3, -0.25) is 0 Å². The average Bonchev–Trinajstić information content (AvgIpc) is 2.35. The maximum Gasteiger partial charge on any atom is 0.0817 e. The molecule has 0 aromatic heterocycles. The molecule has 1 saturated heterocycles. The lowest BCUT2D eigenvalue weighted by molar-refractivity contribution is -0.0864. The van der Waals surface area contributed by atoms with E-state index in [0.29, 0.717) is 25.7 Å². The van der Waals surface area contributed by atoms with Gasteiger partial charge in [0.25, 0.3) is 0 Å². The first-order chi connectivity index (χ1) is 9.32. The van der Waals surface area contributed by atoms with Crippen LogP contribution < -0.4 is 0 Å². The number of aliphatic hydroxyl groups excluding tert-OH is 1. The summed E-state index contributed by atoms with van der Waals surface area (Å²) in [7, 11) is 2.06. The highest BCUT2D eigenvalue weighted by Gasteiger charge is 2.39. The molecule has 2 fully saturated rings. The first-order valence-corrected chi connectivity index (χ1v) is 7.99. The molecular weight excluding hydrogens is 254 g/mol. The van der Waals surface area contributed by atoms with Crippen molar-refractivity contribution in [3.8, 4) is 0 Å². The molecule has 4 heteroatoms. The Bertz CT molecular complexity index is 313. The molecule has 2 aliphatic rings. The Kier molecular flexibility index (Phi) is 5.11. The van der Waals surface area contributed by atoms with E-state index in [1.165, 1.54) is 6.42 Å². The zero-order valence-electron chi connectivity index (χ0n) is 13.3. The van der Waals surface area contributed by atoms with E-state index < -0.39 is 5.60 Å². The van der Waals surface area contributed by atoms with Gasteiger partial charge in [-0.2, -0.15) is 0 Å². The Labute approximate surface area is 123 Å². The molecule has 0 amide bonds. The summed E-state index contributed by atoms with van der Waals surface area (Å²) in [6, 6.07) is 0. The van der Waals surface area contributed by atoms with Crippen LogP contribution in [0.3, 0.4) is 0 Å². The molecule has 4 nitrogen and oxygen atoms in total. The highest BCUT2D eigenvalue weighted by molar-refractivity contribution is 4.90. The predicted octanol–water partition coefficient (Wildman–Crippen LogP) is 1.65. The largest absolute Gasteiger partial charge is 0.392 e. The normalized spacial score (nSPS) is 33.3. The third-order valence-corrected chi connectivity index (χ3v) is 5.18. The molecule has 1 heterocycles. The fourth-order valence-corrected chi connectivity index (χ4v) is 3.83. The van der Waals surface area contributed by atoms with Gasteiger partial charge in [-0.05, 0) is 31.2 Å². The van der Waals surface area contributed by atoms with Crippen LogP contribution in [0.1, 0.15) is 46.0 Å². The van der Waals surface area contributed by atoms with Crippen molar-refractivity contribution >= 4 is 0 Å². The van der Waals surface area contributed by atoms with E-state index in [-0.39, 0.29) is 11.5 Å². The third-order valence-electron chi connectivity index (χ3n) is 5.18. The number of hydrogen-bond acceptors (Lipinski definition) is 4. The number of ether oxygens (including phenoxy) is 1. The lowest BCUT2D eigenvalue weighted by atomic mass is 9.69. The van der Waals surface area contributed by atoms with E-state index in [9.17, 15) is 10.2 Å². The molecule has 2 N–H and O–H groups in total. The number of nitrogens with zero attached hydrogens (tertiary/aromatic N) is 1. The molecular formula is C16H31NO3. The van der Waals surface area contributed by atoms with Crippen LogP contribution in [0.25, 0.3) is 0 Å². The smallest absolute Gasteiger partial charge is 0.0817 e. The quantitative estimate of drug-likeness (QED) is 0.824. The van der Waals surface area contributed by atoms with Gasteiger partial charge < -0.3 is 19.8 Å². The van der Waals surface area contributed by atoms with Crippen molar-refractivity contribution in [1.82, 2.24) is 4.90 Å². The second-order valence-corrected chi connectivity index (χ2v) is 7.62. The summed E-state index contributed by atoms with van der Waals surface area (Å²) in [5.41, 5.74) is -0.582. The van der Waals surface area contributed by atoms with Gasteiger partial charge in [0.15, 0.2) is 0 Å². The van der Waals surface area contributed by atoms with Crippen LogP contribution in [0, 0.1) is 11.3 Å². The number of hydrogen-bond donors (Lipinski definition) is 2. The second kappa shape index (κ2) is 6.30. The van der Waals surface area contributed by atoms with Crippen LogP contribution in [0.4, 0.5) is 0 Å². The Balaban J connectivity index is 1.86. The molecule has 0 aromatic carbocycles. The topological polar surface area (TPSA) is 52.9 Å². The van der Waals surface area contributed by atoms with Crippen molar-refractivity contribution in [2.75, 3.05) is 33.4 Å². The van der Waals surface area contributed by atoms with Crippen LogP contribution in [0.2, 0.25) is 0 Å². The van der Waals surface area contributed by atoms with E-state index in [4.69, 9.17) is 4.74 Å². The van der Waals surface area contributed by atoms with Crippen molar-refractivity contribution in [2.24, 2.45) is 11.3 Å². The van der Waals surface area contributed by atoms with Crippen molar-refractivity contribution in [3.05, 3.63) is 0 Å². The van der Waals surface area contributed by atoms with Gasteiger partial charge in [-0.25, -0.2) is 0 Å². The monoisotopic (exact) mass is 285 g/mol. The van der Waals surface area contributed by atoms with Gasteiger partial charge in [-0.1, -0.05) is 20.3 Å². The lowest BCUT2D eigenvalue weighted by Crippen LogP contribution is -2.49. The van der Waals surface area contributed by atoms with Gasteiger partial charge >= 0.3 is 0 Å². The highest BCUT2D eigenvalue weighted by Crippen LogP contribution is 2.39. The van der Waals surface area contributed by atoms with Crippen molar-refractivity contribution in [3.63, 3.8) is 0 Å². The second-order valence-electron chi connectivity index (χ2n) is 7.62. The first kappa shape index (κ1) is 16.2. The molecule has 20 heavy (non-hydrogen) atoms. The molecule has 0 bridgehead atoms. The van der Waals surface area contributed by atoms with E-state index in [2.05, 4.69) is 25.8 Å². The molecule has 0 radical (unpaired) electrons. The maximum absolute atomic E-state index is 10.6. The summed E-state index contributed by atoms with van der Waals surface area (Å²) in [6.45, 7) is 7.19. The summed E-state index contributed by atoms with van der Waals surface area (Å²) in [4.78, 5) is 2.20. The van der Waals surface area contributed by atoms with E-state index in [0.717, 1.165) is 32.2 Å². The van der Waals surface area contributed by atoms with Gasteiger partial charge in [0, 0.05) is 39.1 Å². The number of likely N-dealkylation sites (N-methyl/N-ethyl adjacent to an activating group) is 1. The van der Waals surface area contributed by atoms with Crippen LogP contribution in [0.15, 0.2) is 0 Å².